The molecule has 0 saturated carbocycles. The molecule has 1 aliphatic rings. The lowest BCUT2D eigenvalue weighted by Crippen LogP contribution is -2.25. The maximum Gasteiger partial charge on any atom is 0.238 e. The highest BCUT2D eigenvalue weighted by molar-refractivity contribution is 5.95. The summed E-state index contributed by atoms with van der Waals surface area (Å²) in [5, 5.41) is 4.40. The van der Waals surface area contributed by atoms with Crippen LogP contribution in [0.3, 0.4) is 0 Å². The first-order chi connectivity index (χ1) is 16.0. The average Bonchev–Trinajstić information content (AvgIpc) is 3.35. The van der Waals surface area contributed by atoms with E-state index in [1.807, 2.05) is 32.8 Å². The van der Waals surface area contributed by atoms with E-state index < -0.39 is 0 Å². The summed E-state index contributed by atoms with van der Waals surface area (Å²) in [4.78, 5) is 23.7. The summed E-state index contributed by atoms with van der Waals surface area (Å²) in [6.45, 7) is 13.8. The van der Waals surface area contributed by atoms with Gasteiger partial charge in [-0.25, -0.2) is 15.0 Å². The molecule has 0 spiro atoms. The third-order valence-corrected chi connectivity index (χ3v) is 5.29. The Hall–Kier alpha value is -3.26. The largest absolute Gasteiger partial charge is 0.470 e. The van der Waals surface area contributed by atoms with E-state index in [1.54, 1.807) is 12.5 Å². The number of pyridine rings is 1. The smallest absolute Gasteiger partial charge is 0.238 e. The minimum Gasteiger partial charge on any atom is -0.470 e. The Bertz CT molecular complexity index is 1020. The zero-order valence-corrected chi connectivity index (χ0v) is 20.5. The Kier molecular flexibility index (Phi) is 10.00. The minimum absolute atomic E-state index is 0.0310. The number of ether oxygens (including phenoxy) is 2. The second kappa shape index (κ2) is 12.7. The molecule has 3 aromatic rings. The molecule has 8 heteroatoms. The van der Waals surface area contributed by atoms with Crippen LogP contribution in [0.1, 0.15) is 39.7 Å². The Labute approximate surface area is 196 Å². The second-order valence-corrected chi connectivity index (χ2v) is 7.67. The van der Waals surface area contributed by atoms with Crippen molar-refractivity contribution in [1.82, 2.24) is 15.0 Å². The van der Waals surface area contributed by atoms with E-state index in [2.05, 4.69) is 65.1 Å². The summed E-state index contributed by atoms with van der Waals surface area (Å²) in [5.41, 5.74) is 3.94. The molecule has 1 fully saturated rings. The van der Waals surface area contributed by atoms with Crippen molar-refractivity contribution in [2.24, 2.45) is 0 Å². The Morgan fingerprint density at radius 3 is 2.64 bits per heavy atom. The Morgan fingerprint density at radius 2 is 1.97 bits per heavy atom. The number of nitrogens with one attached hydrogen (secondary N) is 1. The fourth-order valence-corrected chi connectivity index (χ4v) is 3.44. The molecule has 0 aliphatic carbocycles. The lowest BCUT2D eigenvalue weighted by Gasteiger charge is -2.25. The van der Waals surface area contributed by atoms with Crippen LogP contribution in [0.25, 0.3) is 10.9 Å². The maximum atomic E-state index is 8.00. The van der Waals surface area contributed by atoms with E-state index >= 15 is 0 Å². The van der Waals surface area contributed by atoms with Crippen LogP contribution in [-0.2, 0) is 9.53 Å². The van der Waals surface area contributed by atoms with Crippen molar-refractivity contribution in [2.75, 3.05) is 30.5 Å². The van der Waals surface area contributed by atoms with E-state index in [0.717, 1.165) is 46.7 Å². The fourth-order valence-electron chi connectivity index (χ4n) is 3.44. The molecule has 1 N–H and O–H groups in total. The molecule has 1 atom stereocenters. The summed E-state index contributed by atoms with van der Waals surface area (Å²) in [7, 11) is 2.09. The van der Waals surface area contributed by atoms with Gasteiger partial charge in [0.15, 0.2) is 0 Å². The monoisotopic (exact) mass is 453 g/mol. The predicted octanol–water partition coefficient (Wildman–Crippen LogP) is 4.93. The molecule has 1 aromatic carbocycles. The van der Waals surface area contributed by atoms with Crippen LogP contribution >= 0.6 is 0 Å². The van der Waals surface area contributed by atoms with Gasteiger partial charge in [0.2, 0.25) is 5.88 Å². The van der Waals surface area contributed by atoms with Crippen LogP contribution in [0.15, 0.2) is 36.8 Å². The number of fused-ring (bicyclic) bond motifs is 1. The number of rotatable bonds is 6. The van der Waals surface area contributed by atoms with Crippen molar-refractivity contribution >= 4 is 34.9 Å². The first kappa shape index (κ1) is 26.0. The molecule has 0 amide bonds. The summed E-state index contributed by atoms with van der Waals surface area (Å²) in [6.07, 6.45) is 4.22. The number of benzene rings is 1. The van der Waals surface area contributed by atoms with Crippen molar-refractivity contribution in [3.8, 4) is 5.88 Å². The highest BCUT2D eigenvalue weighted by Crippen LogP contribution is 2.33. The molecular formula is C25H35N5O3. The van der Waals surface area contributed by atoms with Gasteiger partial charge in [0.05, 0.1) is 18.7 Å². The predicted molar refractivity (Wildman–Crippen MR) is 134 cm³/mol. The minimum atomic E-state index is 0.0310. The summed E-state index contributed by atoms with van der Waals surface area (Å²) < 4.78 is 11.5. The third-order valence-electron chi connectivity index (χ3n) is 5.29. The molecule has 33 heavy (non-hydrogen) atoms. The molecule has 0 radical (unpaired) electrons. The number of aryl methyl sites for hydroxylation is 1. The zero-order valence-electron chi connectivity index (χ0n) is 20.5. The van der Waals surface area contributed by atoms with Gasteiger partial charge >= 0.3 is 0 Å². The maximum absolute atomic E-state index is 8.00. The van der Waals surface area contributed by atoms with Gasteiger partial charge in [-0.15, -0.1) is 0 Å². The van der Waals surface area contributed by atoms with Crippen molar-refractivity contribution in [2.45, 2.75) is 53.2 Å². The fraction of sp³-hybridized carbons (Fsp3) is 0.440. The number of carbonyl (C=O) groups excluding carboxylic acids is 1. The second-order valence-electron chi connectivity index (χ2n) is 7.67. The summed E-state index contributed by atoms with van der Waals surface area (Å²) in [5.74, 6) is 1.30. The van der Waals surface area contributed by atoms with Crippen molar-refractivity contribution in [3.63, 3.8) is 0 Å². The van der Waals surface area contributed by atoms with Crippen LogP contribution in [0.4, 0.5) is 17.2 Å². The third kappa shape index (κ3) is 6.38. The molecule has 0 bridgehead atoms. The van der Waals surface area contributed by atoms with E-state index in [0.29, 0.717) is 18.5 Å². The molecule has 1 aliphatic heterocycles. The molecule has 1 saturated heterocycles. The van der Waals surface area contributed by atoms with Crippen molar-refractivity contribution in [1.29, 1.82) is 0 Å². The SMILES string of the molecule is C=O.CC.Cc1cc(N(C)C(C)C)cc2ncnc(Nc3cccnc3O[C@H]3CCOC3)c12. The van der Waals surface area contributed by atoms with Crippen LogP contribution in [-0.4, -0.2) is 54.1 Å². The lowest BCUT2D eigenvalue weighted by atomic mass is 10.1. The van der Waals surface area contributed by atoms with E-state index in [4.69, 9.17) is 14.3 Å². The molecule has 4 rings (SSSR count). The first-order valence-electron chi connectivity index (χ1n) is 11.3. The lowest BCUT2D eigenvalue weighted by molar-refractivity contribution is -0.0979. The highest BCUT2D eigenvalue weighted by Gasteiger charge is 2.20. The average molecular weight is 454 g/mol. The van der Waals surface area contributed by atoms with Gasteiger partial charge in [0.1, 0.15) is 30.7 Å². The van der Waals surface area contributed by atoms with Gasteiger partial charge in [-0.1, -0.05) is 13.8 Å². The van der Waals surface area contributed by atoms with Gasteiger partial charge in [-0.3, -0.25) is 0 Å². The van der Waals surface area contributed by atoms with E-state index in [9.17, 15) is 0 Å². The molecule has 8 nitrogen and oxygen atoms in total. The van der Waals surface area contributed by atoms with E-state index in [-0.39, 0.29) is 6.10 Å². The summed E-state index contributed by atoms with van der Waals surface area (Å²) >= 11 is 0. The van der Waals surface area contributed by atoms with Gasteiger partial charge in [-0.05, 0) is 50.6 Å². The molecule has 0 unspecified atom stereocenters. The normalized spacial score (nSPS) is 14.7. The quantitative estimate of drug-likeness (QED) is 0.562. The zero-order chi connectivity index (χ0) is 24.4. The van der Waals surface area contributed by atoms with Gasteiger partial charge in [0, 0.05) is 36.8 Å². The number of hydrogen-bond acceptors (Lipinski definition) is 8. The van der Waals surface area contributed by atoms with E-state index in [1.165, 1.54) is 0 Å². The van der Waals surface area contributed by atoms with Crippen LogP contribution in [0.2, 0.25) is 0 Å². The molecular weight excluding hydrogens is 418 g/mol. The van der Waals surface area contributed by atoms with Crippen molar-refractivity contribution in [3.05, 3.63) is 42.4 Å². The van der Waals surface area contributed by atoms with Crippen LogP contribution in [0.5, 0.6) is 5.88 Å². The molecule has 178 valence electrons. The van der Waals surface area contributed by atoms with Crippen molar-refractivity contribution < 1.29 is 14.3 Å². The number of carbonyl (C=O) groups is 1. The van der Waals surface area contributed by atoms with Crippen LogP contribution < -0.4 is 15.0 Å². The number of hydrogen-bond donors (Lipinski definition) is 1. The Balaban J connectivity index is 0.000000914. The van der Waals surface area contributed by atoms with Gasteiger partial charge < -0.3 is 24.5 Å². The first-order valence-corrected chi connectivity index (χ1v) is 11.3. The highest BCUT2D eigenvalue weighted by atomic mass is 16.5. The molecule has 2 aromatic heterocycles. The van der Waals surface area contributed by atoms with Gasteiger partial charge in [-0.2, -0.15) is 0 Å². The number of anilines is 3. The van der Waals surface area contributed by atoms with Gasteiger partial charge in [0.25, 0.3) is 0 Å². The topological polar surface area (TPSA) is 89.5 Å². The number of aromatic nitrogens is 3. The summed E-state index contributed by atoms with van der Waals surface area (Å²) in [6, 6.07) is 8.51. The standard InChI is InChI=1S/C22H27N5O2.C2H6.CH2O/c1-14(2)27(4)16-10-15(3)20-19(11-16)24-13-25-21(20)26-18-6-5-8-23-22(18)29-17-7-9-28-12-17;2*1-2/h5-6,8,10-11,13-14,17H,7,9,12H2,1-4H3,(H,24,25,26);1-2H3;1H2/t17-;;/m0../s1. The van der Waals surface area contributed by atoms with Crippen LogP contribution in [0, 0.1) is 6.92 Å². The molecule has 3 heterocycles. The number of nitrogens with zero attached hydrogens (tertiary/aromatic N) is 4. The Morgan fingerprint density at radius 1 is 1.21 bits per heavy atom.